The van der Waals surface area contributed by atoms with Crippen LogP contribution in [0.1, 0.15) is 25.7 Å². The zero-order chi connectivity index (χ0) is 14.0. The molecule has 4 heteroatoms. The molecular weight excluding hydrogens is 254 g/mol. The van der Waals surface area contributed by atoms with Crippen LogP contribution >= 0.6 is 0 Å². The van der Waals surface area contributed by atoms with E-state index in [0.29, 0.717) is 18.6 Å². The van der Waals surface area contributed by atoms with Crippen LogP contribution in [0.15, 0.2) is 24.3 Å². The second kappa shape index (κ2) is 5.62. The second-order valence-electron chi connectivity index (χ2n) is 5.95. The molecule has 0 aromatic heterocycles. The van der Waals surface area contributed by atoms with Crippen molar-refractivity contribution < 1.29 is 14.6 Å². The van der Waals surface area contributed by atoms with Gasteiger partial charge in [0, 0.05) is 6.04 Å². The summed E-state index contributed by atoms with van der Waals surface area (Å²) in [7, 11) is 1.64. The highest BCUT2D eigenvalue weighted by molar-refractivity contribution is 5.39. The third-order valence-corrected chi connectivity index (χ3v) is 4.26. The monoisotopic (exact) mass is 277 g/mol. The quantitative estimate of drug-likeness (QED) is 0.763. The van der Waals surface area contributed by atoms with E-state index in [1.165, 1.54) is 25.7 Å². The molecule has 1 aromatic carbocycles. The van der Waals surface area contributed by atoms with Crippen LogP contribution in [0.25, 0.3) is 0 Å². The zero-order valence-corrected chi connectivity index (χ0v) is 12.0. The molecule has 4 nitrogen and oxygen atoms in total. The molecule has 0 aliphatic heterocycles. The summed E-state index contributed by atoms with van der Waals surface area (Å²) in [6.45, 7) is 0.619. The van der Waals surface area contributed by atoms with Gasteiger partial charge in [0.1, 0.15) is 6.61 Å². The fourth-order valence-electron chi connectivity index (χ4n) is 2.71. The van der Waals surface area contributed by atoms with Crippen molar-refractivity contribution in [3.05, 3.63) is 24.3 Å². The minimum absolute atomic E-state index is 0.128. The van der Waals surface area contributed by atoms with E-state index in [9.17, 15) is 5.11 Å². The molecule has 110 valence electrons. The molecule has 1 unspecified atom stereocenters. The highest BCUT2D eigenvalue weighted by atomic mass is 16.5. The number of ether oxygens (including phenoxy) is 2. The maximum absolute atomic E-state index is 9.89. The lowest BCUT2D eigenvalue weighted by atomic mass is 9.95. The van der Waals surface area contributed by atoms with E-state index >= 15 is 0 Å². The van der Waals surface area contributed by atoms with Crippen LogP contribution in [0.5, 0.6) is 11.5 Å². The van der Waals surface area contributed by atoms with Gasteiger partial charge in [-0.1, -0.05) is 12.1 Å². The first-order chi connectivity index (χ1) is 9.77. The molecule has 2 aliphatic rings. The first-order valence-electron chi connectivity index (χ1n) is 7.42. The van der Waals surface area contributed by atoms with E-state index in [1.807, 2.05) is 24.3 Å². The molecule has 0 spiro atoms. The highest BCUT2D eigenvalue weighted by Gasteiger charge is 2.48. The first-order valence-corrected chi connectivity index (χ1v) is 7.42. The molecule has 2 fully saturated rings. The predicted octanol–water partition coefficient (Wildman–Crippen LogP) is 1.97. The topological polar surface area (TPSA) is 50.7 Å². The van der Waals surface area contributed by atoms with E-state index < -0.39 is 0 Å². The van der Waals surface area contributed by atoms with Crippen LogP contribution in [0.2, 0.25) is 0 Å². The van der Waals surface area contributed by atoms with Crippen molar-refractivity contribution in [3.8, 4) is 11.5 Å². The standard InChI is InChI=1S/C16H23NO3/c1-19-14-4-2-3-5-15(14)20-11-16(10-18,12-6-7-12)17-13-8-9-13/h2-5,12-13,17-18H,6-11H2,1H3. The summed E-state index contributed by atoms with van der Waals surface area (Å²) in [6, 6.07) is 8.22. The van der Waals surface area contributed by atoms with E-state index in [1.54, 1.807) is 7.11 Å². The minimum atomic E-state index is -0.290. The largest absolute Gasteiger partial charge is 0.493 e. The van der Waals surface area contributed by atoms with Crippen LogP contribution in [-0.2, 0) is 0 Å². The van der Waals surface area contributed by atoms with E-state index in [4.69, 9.17) is 9.47 Å². The van der Waals surface area contributed by atoms with E-state index in [0.717, 1.165) is 11.5 Å². The smallest absolute Gasteiger partial charge is 0.161 e. The van der Waals surface area contributed by atoms with Crippen LogP contribution in [0.4, 0.5) is 0 Å². The van der Waals surface area contributed by atoms with E-state index in [2.05, 4.69) is 5.32 Å². The van der Waals surface area contributed by atoms with Crippen molar-refractivity contribution in [3.63, 3.8) is 0 Å². The Morgan fingerprint density at radius 1 is 1.20 bits per heavy atom. The Morgan fingerprint density at radius 3 is 2.45 bits per heavy atom. The van der Waals surface area contributed by atoms with Crippen molar-refractivity contribution >= 4 is 0 Å². The number of aliphatic hydroxyl groups is 1. The average molecular weight is 277 g/mol. The lowest BCUT2D eigenvalue weighted by molar-refractivity contribution is 0.0818. The molecule has 1 atom stereocenters. The fraction of sp³-hybridized carbons (Fsp3) is 0.625. The minimum Gasteiger partial charge on any atom is -0.493 e. The lowest BCUT2D eigenvalue weighted by Crippen LogP contribution is -2.56. The number of hydrogen-bond donors (Lipinski definition) is 2. The molecule has 0 saturated heterocycles. The van der Waals surface area contributed by atoms with Crippen LogP contribution in [-0.4, -0.2) is 37.0 Å². The number of hydrogen-bond acceptors (Lipinski definition) is 4. The summed E-state index contributed by atoms with van der Waals surface area (Å²) in [5, 5.41) is 13.5. The summed E-state index contributed by atoms with van der Waals surface area (Å²) in [5.74, 6) is 2.01. The molecule has 2 N–H and O–H groups in total. The van der Waals surface area contributed by atoms with Gasteiger partial charge in [-0.25, -0.2) is 0 Å². The molecule has 0 bridgehead atoms. The van der Waals surface area contributed by atoms with Gasteiger partial charge in [-0.15, -0.1) is 0 Å². The predicted molar refractivity (Wildman–Crippen MR) is 77.2 cm³/mol. The maximum Gasteiger partial charge on any atom is 0.161 e. The molecule has 20 heavy (non-hydrogen) atoms. The summed E-state index contributed by atoms with van der Waals surface area (Å²) >= 11 is 0. The third-order valence-electron chi connectivity index (χ3n) is 4.26. The Labute approximate surface area is 120 Å². The molecule has 2 saturated carbocycles. The molecule has 1 aromatic rings. The second-order valence-corrected chi connectivity index (χ2v) is 5.95. The van der Waals surface area contributed by atoms with E-state index in [-0.39, 0.29) is 12.1 Å². The average Bonchev–Trinajstić information content (AvgIpc) is 3.37. The fourth-order valence-corrected chi connectivity index (χ4v) is 2.71. The Hall–Kier alpha value is -1.26. The maximum atomic E-state index is 9.89. The Balaban J connectivity index is 1.69. The van der Waals surface area contributed by atoms with Crippen molar-refractivity contribution in [2.24, 2.45) is 5.92 Å². The van der Waals surface area contributed by atoms with Gasteiger partial charge in [-0.05, 0) is 43.7 Å². The van der Waals surface area contributed by atoms with Gasteiger partial charge < -0.3 is 19.9 Å². The first kappa shape index (κ1) is 13.7. The summed E-state index contributed by atoms with van der Waals surface area (Å²) < 4.78 is 11.3. The van der Waals surface area contributed by atoms with Crippen LogP contribution in [0, 0.1) is 5.92 Å². The molecular formula is C16H23NO3. The number of methoxy groups -OCH3 is 1. The normalized spacial score (nSPS) is 21.3. The molecule has 0 radical (unpaired) electrons. The summed E-state index contributed by atoms with van der Waals surface area (Å²) in [6.07, 6.45) is 4.78. The molecule has 0 heterocycles. The number of para-hydroxylation sites is 2. The molecule has 3 rings (SSSR count). The highest BCUT2D eigenvalue weighted by Crippen LogP contribution is 2.42. The zero-order valence-electron chi connectivity index (χ0n) is 12.0. The number of nitrogens with one attached hydrogen (secondary N) is 1. The Kier molecular flexibility index (Phi) is 3.85. The lowest BCUT2D eigenvalue weighted by Gasteiger charge is -2.33. The van der Waals surface area contributed by atoms with Crippen molar-refractivity contribution in [2.75, 3.05) is 20.3 Å². The number of rotatable bonds is 8. The summed E-state index contributed by atoms with van der Waals surface area (Å²) in [5.41, 5.74) is -0.290. The Bertz CT molecular complexity index is 457. The third kappa shape index (κ3) is 2.91. The number of aliphatic hydroxyl groups excluding tert-OH is 1. The van der Waals surface area contributed by atoms with Gasteiger partial charge in [0.25, 0.3) is 0 Å². The van der Waals surface area contributed by atoms with Gasteiger partial charge in [-0.3, -0.25) is 0 Å². The molecule has 2 aliphatic carbocycles. The van der Waals surface area contributed by atoms with Gasteiger partial charge in [0.05, 0.1) is 19.3 Å². The van der Waals surface area contributed by atoms with Crippen LogP contribution < -0.4 is 14.8 Å². The van der Waals surface area contributed by atoms with Gasteiger partial charge >= 0.3 is 0 Å². The van der Waals surface area contributed by atoms with Crippen LogP contribution in [0.3, 0.4) is 0 Å². The van der Waals surface area contributed by atoms with Crippen molar-refractivity contribution in [1.82, 2.24) is 5.32 Å². The van der Waals surface area contributed by atoms with Gasteiger partial charge in [-0.2, -0.15) is 0 Å². The SMILES string of the molecule is COc1ccccc1OCC(CO)(NC1CC1)C1CC1. The summed E-state index contributed by atoms with van der Waals surface area (Å²) in [4.78, 5) is 0. The van der Waals surface area contributed by atoms with Gasteiger partial charge in [0.2, 0.25) is 0 Å². The number of benzene rings is 1. The van der Waals surface area contributed by atoms with Crippen molar-refractivity contribution in [2.45, 2.75) is 37.3 Å². The van der Waals surface area contributed by atoms with Crippen molar-refractivity contribution in [1.29, 1.82) is 0 Å². The Morgan fingerprint density at radius 2 is 1.90 bits per heavy atom. The molecule has 0 amide bonds. The van der Waals surface area contributed by atoms with Gasteiger partial charge in [0.15, 0.2) is 11.5 Å².